The highest BCUT2D eigenvalue weighted by Crippen LogP contribution is 2.37. The summed E-state index contributed by atoms with van der Waals surface area (Å²) >= 11 is 0. The molecule has 0 spiro atoms. The predicted molar refractivity (Wildman–Crippen MR) is 109 cm³/mol. The van der Waals surface area contributed by atoms with Gasteiger partial charge in [0.15, 0.2) is 5.58 Å². The minimum Gasteiger partial charge on any atom is -0.491 e. The topological polar surface area (TPSA) is 91.1 Å². The van der Waals surface area contributed by atoms with Crippen LogP contribution in [0.25, 0.3) is 33.5 Å². The van der Waals surface area contributed by atoms with Crippen molar-refractivity contribution in [2.45, 2.75) is 38.0 Å². The summed E-state index contributed by atoms with van der Waals surface area (Å²) in [4.78, 5) is 9.15. The number of fused-ring (bicyclic) bond motifs is 1. The molecule has 2 aliphatic rings. The number of nitrogens with zero attached hydrogens (tertiary/aromatic N) is 3. The number of anilines is 2. The molecular formula is C21H20FN5O2. The van der Waals surface area contributed by atoms with E-state index in [2.05, 4.69) is 14.9 Å². The third-order valence-electron chi connectivity index (χ3n) is 5.70. The monoisotopic (exact) mass is 393 g/mol. The van der Waals surface area contributed by atoms with E-state index in [1.807, 2.05) is 30.3 Å². The number of benzene rings is 2. The maximum atomic E-state index is 13.2. The Labute approximate surface area is 165 Å². The van der Waals surface area contributed by atoms with Crippen LogP contribution < -0.4 is 15.8 Å². The molecule has 7 nitrogen and oxygen atoms in total. The molecule has 0 saturated heterocycles. The molecule has 1 saturated carbocycles. The molecule has 0 amide bonds. The van der Waals surface area contributed by atoms with Gasteiger partial charge in [0.05, 0.1) is 12.1 Å². The number of oxazole rings is 1. The van der Waals surface area contributed by atoms with Crippen LogP contribution in [0, 0.1) is 0 Å². The van der Waals surface area contributed by atoms with Gasteiger partial charge in [0.1, 0.15) is 28.8 Å². The van der Waals surface area contributed by atoms with Crippen molar-refractivity contribution < 1.29 is 13.5 Å². The molecule has 6 rings (SSSR count). The lowest BCUT2D eigenvalue weighted by Gasteiger charge is -2.31. The van der Waals surface area contributed by atoms with Gasteiger partial charge in [-0.3, -0.25) is 0 Å². The van der Waals surface area contributed by atoms with E-state index in [-0.39, 0.29) is 12.1 Å². The zero-order valence-electron chi connectivity index (χ0n) is 15.7. The number of rotatable bonds is 3. The quantitative estimate of drug-likeness (QED) is 0.544. The van der Waals surface area contributed by atoms with Crippen LogP contribution in [0.3, 0.4) is 0 Å². The summed E-state index contributed by atoms with van der Waals surface area (Å²) in [6.07, 6.45) is 1.30. The lowest BCUT2D eigenvalue weighted by molar-refractivity contribution is 0.192. The maximum Gasteiger partial charge on any atom is 0.292 e. The molecule has 1 aliphatic carbocycles. The van der Waals surface area contributed by atoms with Crippen LogP contribution in [0.2, 0.25) is 0 Å². The van der Waals surface area contributed by atoms with Crippen molar-refractivity contribution in [3.63, 3.8) is 0 Å². The molecule has 0 unspecified atom stereocenters. The summed E-state index contributed by atoms with van der Waals surface area (Å²) in [6, 6.07) is 10.1. The normalized spacial score (nSPS) is 21.0. The second kappa shape index (κ2) is 6.10. The van der Waals surface area contributed by atoms with Crippen LogP contribution in [0.4, 0.5) is 16.1 Å². The first kappa shape index (κ1) is 16.6. The summed E-state index contributed by atoms with van der Waals surface area (Å²) in [7, 11) is 0. The molecule has 2 aromatic carbocycles. The van der Waals surface area contributed by atoms with E-state index < -0.39 is 6.17 Å². The smallest absolute Gasteiger partial charge is 0.292 e. The van der Waals surface area contributed by atoms with E-state index >= 15 is 0 Å². The third-order valence-corrected chi connectivity index (χ3v) is 5.70. The molecule has 0 atom stereocenters. The molecule has 0 radical (unpaired) electrons. The maximum absolute atomic E-state index is 13.2. The molecule has 1 fully saturated rings. The van der Waals surface area contributed by atoms with Crippen LogP contribution in [0.5, 0.6) is 5.75 Å². The summed E-state index contributed by atoms with van der Waals surface area (Å²) < 4.78 is 26.8. The van der Waals surface area contributed by atoms with Crippen molar-refractivity contribution >= 4 is 33.8 Å². The summed E-state index contributed by atoms with van der Waals surface area (Å²) in [5, 5.41) is 3.41. The summed E-state index contributed by atoms with van der Waals surface area (Å²) in [6.45, 7) is 1.46. The molecule has 8 heteroatoms. The van der Waals surface area contributed by atoms with Gasteiger partial charge in [0, 0.05) is 29.9 Å². The minimum atomic E-state index is -0.694. The first-order valence-electron chi connectivity index (χ1n) is 9.88. The van der Waals surface area contributed by atoms with Gasteiger partial charge in [-0.05, 0) is 43.5 Å². The number of nitrogens with one attached hydrogen (secondary N) is 1. The van der Waals surface area contributed by atoms with Gasteiger partial charge in [0.25, 0.3) is 6.01 Å². The number of imidazole rings is 1. The third kappa shape index (κ3) is 2.70. The summed E-state index contributed by atoms with van der Waals surface area (Å²) in [5.41, 5.74) is 10.8. The number of aryl methyl sites for hydroxylation is 1. The van der Waals surface area contributed by atoms with Gasteiger partial charge in [-0.1, -0.05) is 0 Å². The van der Waals surface area contributed by atoms with Gasteiger partial charge in [-0.25, -0.2) is 9.37 Å². The van der Waals surface area contributed by atoms with Gasteiger partial charge >= 0.3 is 0 Å². The van der Waals surface area contributed by atoms with Crippen molar-refractivity contribution in [2.24, 2.45) is 0 Å². The Balaban J connectivity index is 1.48. The van der Waals surface area contributed by atoms with E-state index in [1.165, 1.54) is 0 Å². The van der Waals surface area contributed by atoms with E-state index in [0.29, 0.717) is 30.5 Å². The average Bonchev–Trinajstić information content (AvgIpc) is 3.14. The molecule has 3 N–H and O–H groups in total. The number of hydrogen-bond acceptors (Lipinski definition) is 6. The van der Waals surface area contributed by atoms with Gasteiger partial charge < -0.3 is 24.8 Å². The Morgan fingerprint density at radius 3 is 2.90 bits per heavy atom. The SMILES string of the molecule is Nc1nc2cc(-c3nc4cc(N[C@H]5C[C@@H](F)C5)cc5c4n3CCCO5)ccc2o1. The Hall–Kier alpha value is -3.29. The lowest BCUT2D eigenvalue weighted by Crippen LogP contribution is -2.36. The van der Waals surface area contributed by atoms with Crippen molar-refractivity contribution in [3.05, 3.63) is 30.3 Å². The van der Waals surface area contributed by atoms with Gasteiger partial charge in [-0.2, -0.15) is 4.98 Å². The Kier molecular flexibility index (Phi) is 3.50. The fraction of sp³-hybridized carbons (Fsp3) is 0.333. The largest absolute Gasteiger partial charge is 0.491 e. The number of hydrogen-bond donors (Lipinski definition) is 2. The molecule has 4 aromatic rings. The Morgan fingerprint density at radius 1 is 1.14 bits per heavy atom. The van der Waals surface area contributed by atoms with E-state index in [0.717, 1.165) is 46.8 Å². The first-order valence-corrected chi connectivity index (χ1v) is 9.88. The highest BCUT2D eigenvalue weighted by atomic mass is 19.1. The second-order valence-corrected chi connectivity index (χ2v) is 7.78. The number of alkyl halides is 1. The van der Waals surface area contributed by atoms with E-state index in [1.54, 1.807) is 0 Å². The fourth-order valence-electron chi connectivity index (χ4n) is 4.25. The molecule has 2 aromatic heterocycles. The first-order chi connectivity index (χ1) is 14.1. The standard InChI is InChI=1S/C21H20FN5O2/c22-12-7-13(8-12)24-14-9-16-19-18(10-14)28-5-1-4-27(19)20(25-16)11-2-3-17-15(6-11)26-21(23)29-17/h2-3,6,9-10,12-13,24H,1,4-5,7-8H2,(H2,23,26)/t12-,13+. The number of aromatic nitrogens is 3. The molecular weight excluding hydrogens is 373 g/mol. The van der Waals surface area contributed by atoms with Gasteiger partial charge in [-0.15, -0.1) is 0 Å². The predicted octanol–water partition coefficient (Wildman–Crippen LogP) is 4.12. The minimum absolute atomic E-state index is 0.154. The molecule has 0 bridgehead atoms. The molecule has 148 valence electrons. The van der Waals surface area contributed by atoms with Crippen LogP contribution >= 0.6 is 0 Å². The highest BCUT2D eigenvalue weighted by molar-refractivity contribution is 5.90. The van der Waals surface area contributed by atoms with Crippen LogP contribution in [-0.4, -0.2) is 33.4 Å². The summed E-state index contributed by atoms with van der Waals surface area (Å²) in [5.74, 6) is 1.67. The van der Waals surface area contributed by atoms with Crippen molar-refractivity contribution in [1.82, 2.24) is 14.5 Å². The van der Waals surface area contributed by atoms with E-state index in [9.17, 15) is 4.39 Å². The Bertz CT molecular complexity index is 1240. The molecule has 3 heterocycles. The number of nitrogen functional groups attached to an aromatic ring is 1. The average molecular weight is 393 g/mol. The van der Waals surface area contributed by atoms with Crippen molar-refractivity contribution in [1.29, 1.82) is 0 Å². The molecule has 29 heavy (non-hydrogen) atoms. The molecule has 1 aliphatic heterocycles. The fourth-order valence-corrected chi connectivity index (χ4v) is 4.25. The lowest BCUT2D eigenvalue weighted by atomic mass is 9.90. The van der Waals surface area contributed by atoms with Crippen LogP contribution in [-0.2, 0) is 6.54 Å². The van der Waals surface area contributed by atoms with E-state index in [4.69, 9.17) is 19.9 Å². The van der Waals surface area contributed by atoms with Crippen molar-refractivity contribution in [2.75, 3.05) is 17.7 Å². The zero-order valence-corrected chi connectivity index (χ0v) is 15.7. The second-order valence-electron chi connectivity index (χ2n) is 7.78. The Morgan fingerprint density at radius 2 is 2.03 bits per heavy atom. The zero-order chi connectivity index (χ0) is 19.5. The van der Waals surface area contributed by atoms with Crippen LogP contribution in [0.1, 0.15) is 19.3 Å². The number of nitrogens with two attached hydrogens (primary N) is 1. The number of halogens is 1. The van der Waals surface area contributed by atoms with Gasteiger partial charge in [0.2, 0.25) is 0 Å². The van der Waals surface area contributed by atoms with Crippen molar-refractivity contribution in [3.8, 4) is 17.1 Å². The van der Waals surface area contributed by atoms with Crippen LogP contribution in [0.15, 0.2) is 34.7 Å². The highest BCUT2D eigenvalue weighted by Gasteiger charge is 2.29. The number of ether oxygens (including phenoxy) is 1.